The predicted octanol–water partition coefficient (Wildman–Crippen LogP) is 3.32. The molecule has 21 heavy (non-hydrogen) atoms. The molecule has 1 aliphatic heterocycles. The number of halogens is 2. The van der Waals surface area contributed by atoms with E-state index < -0.39 is 0 Å². The molecule has 0 saturated carbocycles. The second-order valence-corrected chi connectivity index (χ2v) is 5.80. The largest absolute Gasteiger partial charge is 0.399 e. The Morgan fingerprint density at radius 1 is 1.33 bits per heavy atom. The van der Waals surface area contributed by atoms with Crippen LogP contribution in [0.15, 0.2) is 12.1 Å². The second-order valence-electron chi connectivity index (χ2n) is 4.98. The van der Waals surface area contributed by atoms with Gasteiger partial charge in [-0.3, -0.25) is 9.63 Å². The number of nitrogen functional groups attached to an aromatic ring is 1. The van der Waals surface area contributed by atoms with Gasteiger partial charge in [0.2, 0.25) is 5.91 Å². The number of nitrogens with two attached hydrogens (primary N) is 1. The summed E-state index contributed by atoms with van der Waals surface area (Å²) in [5.74, 6) is -0.124. The minimum atomic E-state index is -0.124. The maximum absolute atomic E-state index is 11.9. The quantitative estimate of drug-likeness (QED) is 0.812. The fourth-order valence-corrected chi connectivity index (χ4v) is 2.75. The van der Waals surface area contributed by atoms with Crippen molar-refractivity contribution in [2.45, 2.75) is 25.7 Å². The van der Waals surface area contributed by atoms with E-state index in [0.717, 1.165) is 39.0 Å². The molecule has 3 N–H and O–H groups in total. The zero-order valence-electron chi connectivity index (χ0n) is 11.7. The summed E-state index contributed by atoms with van der Waals surface area (Å²) >= 11 is 12.1. The van der Waals surface area contributed by atoms with Crippen LogP contribution in [0, 0.1) is 0 Å². The van der Waals surface area contributed by atoms with Gasteiger partial charge in [0.1, 0.15) is 0 Å². The van der Waals surface area contributed by atoms with Crippen molar-refractivity contribution < 1.29 is 9.63 Å². The van der Waals surface area contributed by atoms with Gasteiger partial charge in [-0.2, -0.15) is 5.06 Å². The van der Waals surface area contributed by atoms with Crippen molar-refractivity contribution in [1.82, 2.24) is 5.06 Å². The number of hydrogen-bond acceptors (Lipinski definition) is 4. The lowest BCUT2D eigenvalue weighted by Crippen LogP contribution is -2.31. The maximum Gasteiger partial charge on any atom is 0.224 e. The number of nitrogens with one attached hydrogen (secondary N) is 1. The molecule has 0 aliphatic carbocycles. The molecule has 1 amide bonds. The molecule has 116 valence electrons. The third-order valence-corrected chi connectivity index (χ3v) is 3.81. The highest BCUT2D eigenvalue weighted by atomic mass is 35.5. The van der Waals surface area contributed by atoms with Crippen LogP contribution < -0.4 is 11.1 Å². The smallest absolute Gasteiger partial charge is 0.224 e. The summed E-state index contributed by atoms with van der Waals surface area (Å²) in [5, 5.41) is 5.32. The Morgan fingerprint density at radius 2 is 2.05 bits per heavy atom. The molecule has 1 aromatic carbocycles. The van der Waals surface area contributed by atoms with Gasteiger partial charge < -0.3 is 11.1 Å². The molecule has 1 fully saturated rings. The van der Waals surface area contributed by atoms with Crippen LogP contribution in [0.2, 0.25) is 10.0 Å². The van der Waals surface area contributed by atoms with E-state index in [1.807, 2.05) is 5.06 Å². The zero-order valence-corrected chi connectivity index (χ0v) is 13.2. The Labute approximate surface area is 134 Å². The van der Waals surface area contributed by atoms with Crippen LogP contribution in [0.25, 0.3) is 0 Å². The molecule has 2 rings (SSSR count). The van der Waals surface area contributed by atoms with Gasteiger partial charge in [-0.25, -0.2) is 0 Å². The first-order valence-corrected chi connectivity index (χ1v) is 7.74. The molecule has 0 unspecified atom stereocenters. The standard InChI is InChI=1S/C14H19Cl2N3O2/c15-11-8-10(17)9-12(16)14(11)18-13(20)4-3-6-19-5-1-2-7-21-19/h8-9H,1-7,17H2,(H,18,20). The number of hydrogen-bond donors (Lipinski definition) is 2. The number of rotatable bonds is 5. The number of carbonyl (C=O) groups excluding carboxylic acids is 1. The molecular formula is C14H19Cl2N3O2. The molecule has 1 aliphatic rings. The highest BCUT2D eigenvalue weighted by molar-refractivity contribution is 6.40. The van der Waals surface area contributed by atoms with Crippen molar-refractivity contribution >= 4 is 40.5 Å². The summed E-state index contributed by atoms with van der Waals surface area (Å²) in [6.07, 6.45) is 3.35. The first-order chi connectivity index (χ1) is 10.1. The third-order valence-electron chi connectivity index (χ3n) is 3.22. The molecule has 7 heteroatoms. The van der Waals surface area contributed by atoms with E-state index in [1.54, 1.807) is 12.1 Å². The van der Waals surface area contributed by atoms with E-state index in [9.17, 15) is 4.79 Å². The fourth-order valence-electron chi connectivity index (χ4n) is 2.15. The van der Waals surface area contributed by atoms with E-state index in [4.69, 9.17) is 33.8 Å². The Balaban J connectivity index is 1.79. The molecule has 1 saturated heterocycles. The average molecular weight is 332 g/mol. The monoisotopic (exact) mass is 331 g/mol. The summed E-state index contributed by atoms with van der Waals surface area (Å²) in [5.41, 5.74) is 6.49. The van der Waals surface area contributed by atoms with Gasteiger partial charge in [0.25, 0.3) is 0 Å². The first kappa shape index (κ1) is 16.4. The minimum absolute atomic E-state index is 0.124. The van der Waals surface area contributed by atoms with E-state index in [2.05, 4.69) is 5.32 Å². The van der Waals surface area contributed by atoms with Gasteiger partial charge >= 0.3 is 0 Å². The summed E-state index contributed by atoms with van der Waals surface area (Å²) in [6, 6.07) is 3.12. The number of amides is 1. The zero-order chi connectivity index (χ0) is 15.2. The Hall–Kier alpha value is -1.01. The molecule has 0 aromatic heterocycles. The van der Waals surface area contributed by atoms with Crippen molar-refractivity contribution in [3.63, 3.8) is 0 Å². The van der Waals surface area contributed by atoms with Gasteiger partial charge in [0, 0.05) is 25.2 Å². The van der Waals surface area contributed by atoms with Crippen molar-refractivity contribution in [3.05, 3.63) is 22.2 Å². The molecular weight excluding hydrogens is 313 g/mol. The number of hydroxylamine groups is 2. The van der Waals surface area contributed by atoms with Crippen molar-refractivity contribution in [1.29, 1.82) is 0 Å². The molecule has 0 radical (unpaired) electrons. The molecule has 1 heterocycles. The topological polar surface area (TPSA) is 67.6 Å². The number of benzene rings is 1. The van der Waals surface area contributed by atoms with E-state index >= 15 is 0 Å². The molecule has 0 atom stereocenters. The molecule has 0 bridgehead atoms. The van der Waals surface area contributed by atoms with Gasteiger partial charge in [0.15, 0.2) is 0 Å². The van der Waals surface area contributed by atoms with E-state index in [0.29, 0.717) is 27.8 Å². The van der Waals surface area contributed by atoms with Crippen LogP contribution in [-0.4, -0.2) is 30.7 Å². The summed E-state index contributed by atoms with van der Waals surface area (Å²) < 4.78 is 0. The minimum Gasteiger partial charge on any atom is -0.399 e. The lowest BCUT2D eigenvalue weighted by atomic mass is 10.2. The Kier molecular flexibility index (Phi) is 6.11. The van der Waals surface area contributed by atoms with E-state index in [1.165, 1.54) is 0 Å². The van der Waals surface area contributed by atoms with Crippen LogP contribution in [0.1, 0.15) is 25.7 Å². The van der Waals surface area contributed by atoms with Gasteiger partial charge in [0.05, 0.1) is 22.3 Å². The molecule has 5 nitrogen and oxygen atoms in total. The van der Waals surface area contributed by atoms with Crippen LogP contribution in [-0.2, 0) is 9.63 Å². The van der Waals surface area contributed by atoms with Crippen LogP contribution in [0.4, 0.5) is 11.4 Å². The summed E-state index contributed by atoms with van der Waals surface area (Å²) in [4.78, 5) is 17.4. The fraction of sp³-hybridized carbons (Fsp3) is 0.500. The summed E-state index contributed by atoms with van der Waals surface area (Å²) in [6.45, 7) is 2.44. The Morgan fingerprint density at radius 3 is 2.67 bits per heavy atom. The van der Waals surface area contributed by atoms with Crippen molar-refractivity contribution in [2.75, 3.05) is 30.7 Å². The van der Waals surface area contributed by atoms with Crippen molar-refractivity contribution in [3.8, 4) is 0 Å². The lowest BCUT2D eigenvalue weighted by molar-refractivity contribution is -0.180. The summed E-state index contributed by atoms with van der Waals surface area (Å²) in [7, 11) is 0. The van der Waals surface area contributed by atoms with Crippen molar-refractivity contribution in [2.24, 2.45) is 0 Å². The maximum atomic E-state index is 11.9. The van der Waals surface area contributed by atoms with E-state index in [-0.39, 0.29) is 5.91 Å². The SMILES string of the molecule is Nc1cc(Cl)c(NC(=O)CCCN2CCCCO2)c(Cl)c1. The highest BCUT2D eigenvalue weighted by Gasteiger charge is 2.13. The third kappa shape index (κ3) is 5.04. The van der Waals surface area contributed by atoms with Crippen LogP contribution in [0.5, 0.6) is 0 Å². The number of carbonyl (C=O) groups is 1. The van der Waals surface area contributed by atoms with Gasteiger partial charge in [-0.05, 0) is 31.4 Å². The van der Waals surface area contributed by atoms with Gasteiger partial charge in [-0.1, -0.05) is 23.2 Å². The van der Waals surface area contributed by atoms with Crippen LogP contribution >= 0.6 is 23.2 Å². The molecule has 1 aromatic rings. The normalized spacial score (nSPS) is 15.9. The number of nitrogens with zero attached hydrogens (tertiary/aromatic N) is 1. The molecule has 0 spiro atoms. The Bertz CT molecular complexity index is 482. The highest BCUT2D eigenvalue weighted by Crippen LogP contribution is 2.32. The lowest BCUT2D eigenvalue weighted by Gasteiger charge is -2.25. The number of anilines is 2. The van der Waals surface area contributed by atoms with Gasteiger partial charge in [-0.15, -0.1) is 0 Å². The first-order valence-electron chi connectivity index (χ1n) is 6.98. The second kappa shape index (κ2) is 7.84. The van der Waals surface area contributed by atoms with Crippen LogP contribution in [0.3, 0.4) is 0 Å². The predicted molar refractivity (Wildman–Crippen MR) is 85.5 cm³/mol. The average Bonchev–Trinajstić information content (AvgIpc) is 2.44.